The van der Waals surface area contributed by atoms with Crippen LogP contribution in [0, 0.1) is 5.92 Å². The summed E-state index contributed by atoms with van der Waals surface area (Å²) in [6, 6.07) is 2.03. The highest BCUT2D eigenvalue weighted by Crippen LogP contribution is 2.20. The maximum atomic E-state index is 5.07. The molecule has 1 aromatic heterocycles. The Bertz CT molecular complexity index is 266. The zero-order valence-corrected chi connectivity index (χ0v) is 9.60. The van der Waals surface area contributed by atoms with E-state index in [9.17, 15) is 0 Å². The molecule has 1 heterocycles. The number of aromatic nitrogens is 2. The van der Waals surface area contributed by atoms with E-state index in [2.05, 4.69) is 22.2 Å². The lowest BCUT2D eigenvalue weighted by molar-refractivity contribution is 0.170. The van der Waals surface area contributed by atoms with Gasteiger partial charge in [-0.1, -0.05) is 6.92 Å². The Morgan fingerprint density at radius 3 is 2.60 bits per heavy atom. The molecule has 1 aromatic rings. The molecule has 1 rings (SSSR count). The molecular weight excluding hydrogens is 190 g/mol. The lowest BCUT2D eigenvalue weighted by Gasteiger charge is -2.21. The van der Waals surface area contributed by atoms with Crippen molar-refractivity contribution < 1.29 is 4.74 Å². The van der Waals surface area contributed by atoms with Gasteiger partial charge in [-0.3, -0.25) is 0 Å². The summed E-state index contributed by atoms with van der Waals surface area (Å²) in [5.74, 6) is 1.31. The van der Waals surface area contributed by atoms with Crippen LogP contribution in [0.5, 0.6) is 0 Å². The Balaban J connectivity index is 2.63. The summed E-state index contributed by atoms with van der Waals surface area (Å²) in [6.45, 7) is 2.95. The Hall–Kier alpha value is -1.00. The van der Waals surface area contributed by atoms with E-state index in [1.807, 2.05) is 13.1 Å². The Morgan fingerprint density at radius 1 is 1.40 bits per heavy atom. The Kier molecular flexibility index (Phi) is 5.21. The van der Waals surface area contributed by atoms with Crippen LogP contribution in [-0.4, -0.2) is 30.7 Å². The van der Waals surface area contributed by atoms with Crippen LogP contribution in [-0.2, 0) is 4.74 Å². The molecule has 0 aliphatic heterocycles. The number of nitrogens with zero attached hydrogens (tertiary/aromatic N) is 2. The van der Waals surface area contributed by atoms with Crippen molar-refractivity contribution in [1.82, 2.24) is 15.3 Å². The van der Waals surface area contributed by atoms with Crippen molar-refractivity contribution in [3.05, 3.63) is 24.3 Å². The first kappa shape index (κ1) is 12.1. The average molecular weight is 209 g/mol. The van der Waals surface area contributed by atoms with Crippen LogP contribution >= 0.6 is 0 Å². The third-order valence-electron chi connectivity index (χ3n) is 2.52. The van der Waals surface area contributed by atoms with E-state index in [0.29, 0.717) is 5.92 Å². The highest BCUT2D eigenvalue weighted by atomic mass is 16.5. The van der Waals surface area contributed by atoms with Gasteiger partial charge in [0.2, 0.25) is 0 Å². The van der Waals surface area contributed by atoms with Crippen molar-refractivity contribution in [3.63, 3.8) is 0 Å². The predicted molar refractivity (Wildman–Crippen MR) is 59.5 cm³/mol. The van der Waals surface area contributed by atoms with Crippen LogP contribution in [0.1, 0.15) is 25.2 Å². The molecule has 0 aliphatic rings. The molecule has 0 saturated heterocycles. The molecule has 2 atom stereocenters. The van der Waals surface area contributed by atoms with E-state index in [1.165, 1.54) is 0 Å². The molecule has 2 unspecified atom stereocenters. The smallest absolute Gasteiger partial charge is 0.145 e. The Morgan fingerprint density at radius 2 is 2.07 bits per heavy atom. The third kappa shape index (κ3) is 3.57. The average Bonchev–Trinajstić information content (AvgIpc) is 2.29. The zero-order chi connectivity index (χ0) is 11.1. The molecule has 0 saturated carbocycles. The van der Waals surface area contributed by atoms with E-state index in [0.717, 1.165) is 18.9 Å². The number of ether oxygens (including phenoxy) is 1. The van der Waals surface area contributed by atoms with Crippen LogP contribution in [0.15, 0.2) is 18.5 Å². The summed E-state index contributed by atoms with van der Waals surface area (Å²) in [7, 11) is 3.66. The van der Waals surface area contributed by atoms with Crippen molar-refractivity contribution in [1.29, 1.82) is 0 Å². The van der Waals surface area contributed by atoms with E-state index < -0.39 is 0 Å². The molecule has 1 N–H and O–H groups in total. The van der Waals surface area contributed by atoms with Crippen LogP contribution in [0.25, 0.3) is 0 Å². The van der Waals surface area contributed by atoms with E-state index in [-0.39, 0.29) is 6.04 Å². The fourth-order valence-corrected chi connectivity index (χ4v) is 1.61. The second kappa shape index (κ2) is 6.48. The highest BCUT2D eigenvalue weighted by Gasteiger charge is 2.19. The van der Waals surface area contributed by atoms with Crippen LogP contribution in [0.4, 0.5) is 0 Å². The quantitative estimate of drug-likeness (QED) is 0.769. The number of hydrogen-bond acceptors (Lipinski definition) is 4. The lowest BCUT2D eigenvalue weighted by Crippen LogP contribution is -2.26. The van der Waals surface area contributed by atoms with Crippen molar-refractivity contribution in [2.45, 2.75) is 19.4 Å². The second-order valence-electron chi connectivity index (χ2n) is 3.63. The van der Waals surface area contributed by atoms with E-state index in [4.69, 9.17) is 4.74 Å². The second-order valence-corrected chi connectivity index (χ2v) is 3.63. The first-order chi connectivity index (χ1) is 7.29. The molecule has 0 fully saturated rings. The van der Waals surface area contributed by atoms with Gasteiger partial charge in [0.1, 0.15) is 5.82 Å². The molecule has 0 amide bonds. The number of rotatable bonds is 6. The molecule has 0 aromatic carbocycles. The van der Waals surface area contributed by atoms with Crippen LogP contribution < -0.4 is 5.32 Å². The van der Waals surface area contributed by atoms with Crippen molar-refractivity contribution in [3.8, 4) is 0 Å². The summed E-state index contributed by atoms with van der Waals surface area (Å²) < 4.78 is 5.07. The fraction of sp³-hybridized carbons (Fsp3) is 0.636. The van der Waals surface area contributed by atoms with Gasteiger partial charge < -0.3 is 10.1 Å². The molecule has 4 nitrogen and oxygen atoms in total. The van der Waals surface area contributed by atoms with Gasteiger partial charge in [-0.2, -0.15) is 0 Å². The number of hydrogen-bond donors (Lipinski definition) is 1. The van der Waals surface area contributed by atoms with Gasteiger partial charge in [0.05, 0.1) is 6.04 Å². The molecule has 15 heavy (non-hydrogen) atoms. The fourth-order valence-electron chi connectivity index (χ4n) is 1.61. The van der Waals surface area contributed by atoms with E-state index >= 15 is 0 Å². The van der Waals surface area contributed by atoms with Gasteiger partial charge in [-0.15, -0.1) is 0 Å². The van der Waals surface area contributed by atoms with Crippen LogP contribution in [0.3, 0.4) is 0 Å². The van der Waals surface area contributed by atoms with Gasteiger partial charge in [0.15, 0.2) is 0 Å². The van der Waals surface area contributed by atoms with Crippen molar-refractivity contribution in [2.75, 3.05) is 20.8 Å². The van der Waals surface area contributed by atoms with E-state index in [1.54, 1.807) is 19.5 Å². The largest absolute Gasteiger partial charge is 0.385 e. The molecule has 0 radical (unpaired) electrons. The highest BCUT2D eigenvalue weighted by molar-refractivity contribution is 4.97. The van der Waals surface area contributed by atoms with Gasteiger partial charge >= 0.3 is 0 Å². The van der Waals surface area contributed by atoms with Gasteiger partial charge in [-0.25, -0.2) is 9.97 Å². The van der Waals surface area contributed by atoms with Gasteiger partial charge in [-0.05, 0) is 25.5 Å². The first-order valence-electron chi connectivity index (χ1n) is 5.22. The van der Waals surface area contributed by atoms with Crippen molar-refractivity contribution in [2.24, 2.45) is 5.92 Å². The monoisotopic (exact) mass is 209 g/mol. The summed E-state index contributed by atoms with van der Waals surface area (Å²) in [5, 5.41) is 3.25. The summed E-state index contributed by atoms with van der Waals surface area (Å²) in [6.07, 6.45) is 4.55. The third-order valence-corrected chi connectivity index (χ3v) is 2.52. The lowest BCUT2D eigenvalue weighted by atomic mass is 9.98. The summed E-state index contributed by atoms with van der Waals surface area (Å²) in [5.41, 5.74) is 0. The zero-order valence-electron chi connectivity index (χ0n) is 9.60. The predicted octanol–water partition coefficient (Wildman–Crippen LogP) is 1.41. The molecule has 0 aliphatic carbocycles. The maximum absolute atomic E-state index is 5.07. The van der Waals surface area contributed by atoms with Crippen LogP contribution in [0.2, 0.25) is 0 Å². The minimum absolute atomic E-state index is 0.196. The minimum Gasteiger partial charge on any atom is -0.385 e. The molecule has 84 valence electrons. The molecule has 0 spiro atoms. The standard InChI is InChI=1S/C11H19N3O/c1-9(5-8-15-3)10(12-2)11-13-6-4-7-14-11/h4,6-7,9-10,12H,5,8H2,1-3H3. The molecule has 4 heteroatoms. The topological polar surface area (TPSA) is 47.0 Å². The minimum atomic E-state index is 0.196. The summed E-state index contributed by atoms with van der Waals surface area (Å²) in [4.78, 5) is 8.53. The summed E-state index contributed by atoms with van der Waals surface area (Å²) >= 11 is 0. The number of methoxy groups -OCH3 is 1. The van der Waals surface area contributed by atoms with Gasteiger partial charge in [0.25, 0.3) is 0 Å². The number of nitrogens with one attached hydrogen (secondary N) is 1. The molecular formula is C11H19N3O. The normalized spacial score (nSPS) is 14.9. The maximum Gasteiger partial charge on any atom is 0.145 e. The van der Waals surface area contributed by atoms with Gasteiger partial charge in [0, 0.05) is 26.1 Å². The Labute approximate surface area is 91.1 Å². The first-order valence-corrected chi connectivity index (χ1v) is 5.22. The molecule has 0 bridgehead atoms. The van der Waals surface area contributed by atoms with Crippen molar-refractivity contribution >= 4 is 0 Å². The SMILES string of the molecule is CNC(c1ncccn1)C(C)CCOC.